The second-order valence-electron chi connectivity index (χ2n) is 4.47. The fourth-order valence-corrected chi connectivity index (χ4v) is 0.859. The van der Waals surface area contributed by atoms with Crippen LogP contribution in [-0.2, 0) is 9.53 Å². The summed E-state index contributed by atoms with van der Waals surface area (Å²) in [6.07, 6.45) is 0.897. The van der Waals surface area contributed by atoms with Crippen LogP contribution in [0.5, 0.6) is 0 Å². The first-order valence-corrected chi connectivity index (χ1v) is 7.13. The number of carbonyl (C=O) groups is 2. The quantitative estimate of drug-likeness (QED) is 0.864. The van der Waals surface area contributed by atoms with Crippen molar-refractivity contribution in [3.05, 3.63) is 0 Å². The van der Waals surface area contributed by atoms with Gasteiger partial charge >= 0.3 is 6.09 Å². The summed E-state index contributed by atoms with van der Waals surface area (Å²) in [6.45, 7) is 15.4. The van der Waals surface area contributed by atoms with Gasteiger partial charge in [0.2, 0.25) is 0 Å². The van der Waals surface area contributed by atoms with Crippen molar-refractivity contribution in [2.45, 2.75) is 54.0 Å². The van der Waals surface area contributed by atoms with E-state index in [2.05, 4.69) is 36.0 Å². The van der Waals surface area contributed by atoms with E-state index in [1.807, 2.05) is 41.4 Å². The Morgan fingerprint density at radius 3 is 1.75 bits per heavy atom. The summed E-state index contributed by atoms with van der Waals surface area (Å²) in [6, 6.07) is 0.174. The second-order valence-corrected chi connectivity index (χ2v) is 4.47. The first-order valence-electron chi connectivity index (χ1n) is 7.13. The molecule has 0 heterocycles. The molecule has 0 saturated heterocycles. The molecule has 0 radical (unpaired) electrons. The minimum absolute atomic E-state index is 0.174. The van der Waals surface area contributed by atoms with Crippen molar-refractivity contribution in [3.8, 4) is 0 Å². The number of methoxy groups -OCH3 is 1. The van der Waals surface area contributed by atoms with Crippen LogP contribution in [0.2, 0.25) is 0 Å². The van der Waals surface area contributed by atoms with Crippen molar-refractivity contribution in [1.82, 2.24) is 10.2 Å². The molecule has 0 bridgehead atoms. The van der Waals surface area contributed by atoms with Crippen LogP contribution in [0, 0.1) is 5.92 Å². The number of amides is 1. The van der Waals surface area contributed by atoms with Gasteiger partial charge in [-0.05, 0) is 39.9 Å². The lowest BCUT2D eigenvalue weighted by Gasteiger charge is -2.15. The van der Waals surface area contributed by atoms with E-state index in [0.717, 1.165) is 0 Å². The lowest BCUT2D eigenvalue weighted by molar-refractivity contribution is -0.0979. The van der Waals surface area contributed by atoms with Crippen LogP contribution in [-0.4, -0.2) is 51.6 Å². The second kappa shape index (κ2) is 23.0. The SMILES string of the molecule is C=O.CC.CCCN(C)C.COC(=O)NC(C)C(C)C. The van der Waals surface area contributed by atoms with Crippen LogP contribution < -0.4 is 5.32 Å². The molecule has 0 aliphatic rings. The summed E-state index contributed by atoms with van der Waals surface area (Å²) in [5.41, 5.74) is 0. The van der Waals surface area contributed by atoms with E-state index in [0.29, 0.717) is 5.92 Å². The van der Waals surface area contributed by atoms with E-state index >= 15 is 0 Å². The largest absolute Gasteiger partial charge is 0.453 e. The molecule has 0 saturated carbocycles. The van der Waals surface area contributed by atoms with Crippen LogP contribution in [0.15, 0.2) is 0 Å². The van der Waals surface area contributed by atoms with Crippen molar-refractivity contribution in [2.24, 2.45) is 5.92 Å². The van der Waals surface area contributed by atoms with Crippen LogP contribution in [0.1, 0.15) is 48.0 Å². The molecule has 0 aliphatic heterocycles. The number of alkyl carbamates (subject to hydrolysis) is 1. The van der Waals surface area contributed by atoms with E-state index in [9.17, 15) is 4.79 Å². The van der Waals surface area contributed by atoms with E-state index in [1.54, 1.807) is 0 Å². The molecule has 0 rings (SSSR count). The first kappa shape index (κ1) is 27.3. The average Bonchev–Trinajstić information content (AvgIpc) is 2.43. The van der Waals surface area contributed by atoms with Gasteiger partial charge in [-0.25, -0.2) is 4.79 Å². The fraction of sp³-hybridized carbons (Fsp3) is 0.867. The Balaban J connectivity index is -0.000000109. The molecule has 0 aromatic heterocycles. The molecule has 1 N–H and O–H groups in total. The third-order valence-electron chi connectivity index (χ3n) is 2.20. The molecule has 1 amide bonds. The van der Waals surface area contributed by atoms with E-state index in [-0.39, 0.29) is 12.1 Å². The lowest BCUT2D eigenvalue weighted by Crippen LogP contribution is -2.35. The molecule has 5 nitrogen and oxygen atoms in total. The molecule has 0 aromatic carbocycles. The van der Waals surface area contributed by atoms with E-state index < -0.39 is 0 Å². The van der Waals surface area contributed by atoms with Crippen LogP contribution in [0.25, 0.3) is 0 Å². The predicted molar refractivity (Wildman–Crippen MR) is 87.2 cm³/mol. The Hall–Kier alpha value is -1.10. The van der Waals surface area contributed by atoms with Crippen LogP contribution in [0.4, 0.5) is 4.79 Å². The molecule has 0 aliphatic carbocycles. The molecule has 1 atom stereocenters. The summed E-state index contributed by atoms with van der Waals surface area (Å²) < 4.78 is 4.42. The van der Waals surface area contributed by atoms with Crippen molar-refractivity contribution in [2.75, 3.05) is 27.7 Å². The topological polar surface area (TPSA) is 58.6 Å². The minimum Gasteiger partial charge on any atom is -0.453 e. The minimum atomic E-state index is -0.360. The van der Waals surface area contributed by atoms with Gasteiger partial charge in [0.05, 0.1) is 7.11 Å². The van der Waals surface area contributed by atoms with Crippen molar-refractivity contribution >= 4 is 12.9 Å². The number of hydrogen-bond acceptors (Lipinski definition) is 4. The summed E-state index contributed by atoms with van der Waals surface area (Å²) in [7, 11) is 5.54. The van der Waals surface area contributed by atoms with Gasteiger partial charge in [0.15, 0.2) is 0 Å². The highest BCUT2D eigenvalue weighted by molar-refractivity contribution is 5.67. The van der Waals surface area contributed by atoms with Crippen molar-refractivity contribution < 1.29 is 14.3 Å². The van der Waals surface area contributed by atoms with Crippen LogP contribution in [0.3, 0.4) is 0 Å². The zero-order valence-corrected chi connectivity index (χ0v) is 14.9. The predicted octanol–water partition coefficient (Wildman–Crippen LogP) is 3.19. The molecule has 0 spiro atoms. The summed E-state index contributed by atoms with van der Waals surface area (Å²) in [4.78, 5) is 20.8. The maximum absolute atomic E-state index is 10.6. The number of nitrogens with one attached hydrogen (secondary N) is 1. The normalized spacial score (nSPS) is 9.95. The Kier molecular flexibility index (Phi) is 31.4. The Morgan fingerprint density at radius 1 is 1.20 bits per heavy atom. The van der Waals surface area contributed by atoms with E-state index in [1.165, 1.54) is 20.1 Å². The Bertz CT molecular complexity index is 186. The van der Waals surface area contributed by atoms with Gasteiger partial charge in [0, 0.05) is 6.04 Å². The molecular weight excluding hydrogens is 256 g/mol. The van der Waals surface area contributed by atoms with Gasteiger partial charge in [-0.15, -0.1) is 0 Å². The maximum atomic E-state index is 10.6. The van der Waals surface area contributed by atoms with Gasteiger partial charge in [0.25, 0.3) is 0 Å². The number of hydrogen-bond donors (Lipinski definition) is 1. The summed E-state index contributed by atoms with van der Waals surface area (Å²) >= 11 is 0. The number of carbonyl (C=O) groups excluding carboxylic acids is 2. The number of rotatable bonds is 4. The molecule has 0 aromatic rings. The molecule has 5 heteroatoms. The standard InChI is InChI=1S/C7H15NO2.C5H13N.C2H6.CH2O/c1-5(2)6(3)8-7(9)10-4;1-4-5-6(2)3;2*1-2/h5-6H,1-4H3,(H,8,9);4-5H2,1-3H3;1-2H3;1H2. The smallest absolute Gasteiger partial charge is 0.407 e. The van der Waals surface area contributed by atoms with Gasteiger partial charge in [0.1, 0.15) is 6.79 Å². The van der Waals surface area contributed by atoms with Gasteiger partial charge < -0.3 is 19.7 Å². The van der Waals surface area contributed by atoms with Gasteiger partial charge in [-0.3, -0.25) is 0 Å². The summed E-state index contributed by atoms with van der Waals surface area (Å²) in [5.74, 6) is 0.444. The third kappa shape index (κ3) is 30.2. The van der Waals surface area contributed by atoms with Gasteiger partial charge in [-0.1, -0.05) is 34.6 Å². The number of nitrogens with zero attached hydrogens (tertiary/aromatic N) is 1. The summed E-state index contributed by atoms with van der Waals surface area (Å²) in [5, 5.41) is 2.67. The lowest BCUT2D eigenvalue weighted by atomic mass is 10.1. The molecular formula is C15H36N2O3. The highest BCUT2D eigenvalue weighted by atomic mass is 16.5. The number of ether oxygens (including phenoxy) is 1. The highest BCUT2D eigenvalue weighted by Gasteiger charge is 2.09. The van der Waals surface area contributed by atoms with Crippen LogP contribution >= 0.6 is 0 Å². The molecule has 124 valence electrons. The molecule has 1 unspecified atom stereocenters. The monoisotopic (exact) mass is 292 g/mol. The zero-order valence-electron chi connectivity index (χ0n) is 14.9. The Labute approximate surface area is 126 Å². The van der Waals surface area contributed by atoms with Crippen molar-refractivity contribution in [3.63, 3.8) is 0 Å². The third-order valence-corrected chi connectivity index (χ3v) is 2.20. The maximum Gasteiger partial charge on any atom is 0.407 e. The Morgan fingerprint density at radius 2 is 1.60 bits per heavy atom. The first-order chi connectivity index (χ1) is 9.34. The van der Waals surface area contributed by atoms with Crippen molar-refractivity contribution in [1.29, 1.82) is 0 Å². The zero-order chi connectivity index (χ0) is 17.1. The molecule has 20 heavy (non-hydrogen) atoms. The highest BCUT2D eigenvalue weighted by Crippen LogP contribution is 1.99. The molecule has 0 fully saturated rings. The van der Waals surface area contributed by atoms with Gasteiger partial charge in [-0.2, -0.15) is 0 Å². The average molecular weight is 292 g/mol. The fourth-order valence-electron chi connectivity index (χ4n) is 0.859. The van der Waals surface area contributed by atoms with E-state index in [4.69, 9.17) is 4.79 Å².